The van der Waals surface area contributed by atoms with Gasteiger partial charge in [0.15, 0.2) is 26.2 Å². The number of rotatable bonds is 12. The van der Waals surface area contributed by atoms with Gasteiger partial charge in [0.05, 0.1) is 6.42 Å². The number of hydrogen-bond acceptors (Lipinski definition) is 8. The normalized spacial score (nSPS) is 15.0. The molecule has 0 saturated carbocycles. The highest BCUT2D eigenvalue weighted by molar-refractivity contribution is 6.03. The number of methoxy groups -OCH3 is 3. The molecule has 0 N–H and O–H groups in total. The average molecular weight is 444 g/mol. The molecule has 0 aromatic heterocycles. The van der Waals surface area contributed by atoms with Crippen LogP contribution < -0.4 is 18.9 Å². The zero-order valence-electron chi connectivity index (χ0n) is 18.6. The fourth-order valence-electron chi connectivity index (χ4n) is 3.42. The lowest BCUT2D eigenvalue weighted by molar-refractivity contribution is 0.0434. The molecule has 0 radical (unpaired) electrons. The standard InChI is InChI=1S/C24H28O8/c1-5-6-18-21(30-14-27-3)12-22(31-15-28-4)23-19(25)11-20(32-24(18)23)16-7-9-17(10-8-16)29-13-26-2/h5,7-10,12,20H,1,6,11,13-15H2,2-4H3. The molecule has 2 aromatic carbocycles. The number of carbonyl (C=O) groups is 1. The van der Waals surface area contributed by atoms with Crippen LogP contribution in [0.4, 0.5) is 0 Å². The number of ketones is 1. The Morgan fingerprint density at radius 3 is 2.22 bits per heavy atom. The first-order valence-electron chi connectivity index (χ1n) is 10.1. The topological polar surface area (TPSA) is 81.7 Å². The van der Waals surface area contributed by atoms with Crippen molar-refractivity contribution in [3.05, 3.63) is 59.7 Å². The number of hydrogen-bond donors (Lipinski definition) is 0. The monoisotopic (exact) mass is 444 g/mol. The van der Waals surface area contributed by atoms with Crippen LogP contribution in [0.5, 0.6) is 23.0 Å². The molecule has 0 fully saturated rings. The number of benzene rings is 2. The molecule has 2 aromatic rings. The van der Waals surface area contributed by atoms with Crippen LogP contribution >= 0.6 is 0 Å². The third-order valence-corrected chi connectivity index (χ3v) is 4.83. The molecule has 1 atom stereocenters. The average Bonchev–Trinajstić information content (AvgIpc) is 2.81. The van der Waals surface area contributed by atoms with Crippen molar-refractivity contribution in [1.29, 1.82) is 0 Å². The van der Waals surface area contributed by atoms with Crippen LogP contribution in [0.3, 0.4) is 0 Å². The van der Waals surface area contributed by atoms with Gasteiger partial charge in [-0.3, -0.25) is 4.79 Å². The van der Waals surface area contributed by atoms with E-state index in [1.54, 1.807) is 19.3 Å². The van der Waals surface area contributed by atoms with Crippen molar-refractivity contribution in [3.63, 3.8) is 0 Å². The van der Waals surface area contributed by atoms with E-state index in [-0.39, 0.29) is 32.6 Å². The second-order valence-corrected chi connectivity index (χ2v) is 7.00. The molecular weight excluding hydrogens is 416 g/mol. The smallest absolute Gasteiger partial charge is 0.188 e. The van der Waals surface area contributed by atoms with Crippen molar-refractivity contribution in [3.8, 4) is 23.0 Å². The van der Waals surface area contributed by atoms with Crippen molar-refractivity contribution in [2.45, 2.75) is 18.9 Å². The molecule has 0 aliphatic carbocycles. The second kappa shape index (κ2) is 11.5. The summed E-state index contributed by atoms with van der Waals surface area (Å²) in [5.41, 5.74) is 1.93. The van der Waals surface area contributed by atoms with E-state index in [0.717, 1.165) is 5.56 Å². The fraction of sp³-hybridized carbons (Fsp3) is 0.375. The summed E-state index contributed by atoms with van der Waals surface area (Å²) in [6.45, 7) is 4.00. The van der Waals surface area contributed by atoms with Crippen LogP contribution in [0, 0.1) is 0 Å². The maximum Gasteiger partial charge on any atom is 0.188 e. The minimum atomic E-state index is -0.469. The van der Waals surface area contributed by atoms with Gasteiger partial charge >= 0.3 is 0 Å². The van der Waals surface area contributed by atoms with Gasteiger partial charge in [-0.05, 0) is 24.1 Å². The molecule has 3 rings (SSSR count). The van der Waals surface area contributed by atoms with Gasteiger partial charge in [-0.25, -0.2) is 0 Å². The highest BCUT2D eigenvalue weighted by atomic mass is 16.7. The Kier molecular flexibility index (Phi) is 8.49. The van der Waals surface area contributed by atoms with Gasteiger partial charge in [-0.2, -0.15) is 0 Å². The van der Waals surface area contributed by atoms with E-state index in [2.05, 4.69) is 6.58 Å². The van der Waals surface area contributed by atoms with E-state index < -0.39 is 6.10 Å². The van der Waals surface area contributed by atoms with Crippen LogP contribution in [0.2, 0.25) is 0 Å². The Hall–Kier alpha value is -3.07. The van der Waals surface area contributed by atoms with E-state index in [0.29, 0.717) is 40.5 Å². The molecule has 172 valence electrons. The SMILES string of the molecule is C=CCc1c(OCOC)cc(OCOC)c2c1OC(c1ccc(OCOC)cc1)CC2=O. The minimum Gasteiger partial charge on any atom is -0.484 e. The number of allylic oxidation sites excluding steroid dienone is 1. The van der Waals surface area contributed by atoms with E-state index in [4.69, 9.17) is 33.2 Å². The lowest BCUT2D eigenvalue weighted by Crippen LogP contribution is -2.23. The first kappa shape index (κ1) is 23.6. The van der Waals surface area contributed by atoms with Crippen LogP contribution in [-0.4, -0.2) is 47.5 Å². The van der Waals surface area contributed by atoms with Crippen molar-refractivity contribution in [2.24, 2.45) is 0 Å². The molecule has 1 aliphatic heterocycles. The third kappa shape index (κ3) is 5.40. The second-order valence-electron chi connectivity index (χ2n) is 7.00. The quantitative estimate of drug-likeness (QED) is 0.358. The molecule has 1 heterocycles. The maximum absolute atomic E-state index is 13.2. The molecule has 32 heavy (non-hydrogen) atoms. The minimum absolute atomic E-state index is 0.0173. The first-order valence-corrected chi connectivity index (χ1v) is 10.1. The van der Waals surface area contributed by atoms with Gasteiger partial charge < -0.3 is 33.2 Å². The molecule has 0 bridgehead atoms. The van der Waals surface area contributed by atoms with Gasteiger partial charge in [-0.15, -0.1) is 6.58 Å². The Balaban J connectivity index is 2.00. The summed E-state index contributed by atoms with van der Waals surface area (Å²) in [7, 11) is 4.60. The number of Topliss-reactive ketones (excluding diaryl/α,β-unsaturated/α-hetero) is 1. The zero-order valence-corrected chi connectivity index (χ0v) is 18.6. The van der Waals surface area contributed by atoms with Crippen LogP contribution in [-0.2, 0) is 20.6 Å². The summed E-state index contributed by atoms with van der Waals surface area (Å²) in [6, 6.07) is 9.03. The van der Waals surface area contributed by atoms with Crippen molar-refractivity contribution in [2.75, 3.05) is 41.7 Å². The van der Waals surface area contributed by atoms with Gasteiger partial charge in [0.25, 0.3) is 0 Å². The summed E-state index contributed by atoms with van der Waals surface area (Å²) in [5.74, 6) is 1.83. The molecule has 0 saturated heterocycles. The highest BCUT2D eigenvalue weighted by Crippen LogP contribution is 2.46. The number of carbonyl (C=O) groups excluding carboxylic acids is 1. The van der Waals surface area contributed by atoms with E-state index in [1.807, 2.05) is 24.3 Å². The predicted octanol–water partition coefficient (Wildman–Crippen LogP) is 4.07. The van der Waals surface area contributed by atoms with E-state index >= 15 is 0 Å². The molecule has 1 unspecified atom stereocenters. The number of fused-ring (bicyclic) bond motifs is 1. The first-order chi connectivity index (χ1) is 15.6. The lowest BCUT2D eigenvalue weighted by atomic mass is 9.92. The van der Waals surface area contributed by atoms with Gasteiger partial charge in [-0.1, -0.05) is 18.2 Å². The van der Waals surface area contributed by atoms with Crippen molar-refractivity contribution >= 4 is 5.78 Å². The molecular formula is C24H28O8. The molecule has 1 aliphatic rings. The summed E-state index contributed by atoms with van der Waals surface area (Å²) in [6.07, 6.45) is 1.86. The van der Waals surface area contributed by atoms with Crippen LogP contribution in [0.15, 0.2) is 43.0 Å². The zero-order chi connectivity index (χ0) is 22.9. The Bertz CT molecular complexity index is 923. The van der Waals surface area contributed by atoms with Crippen LogP contribution in [0.1, 0.15) is 34.0 Å². The Morgan fingerprint density at radius 1 is 0.969 bits per heavy atom. The van der Waals surface area contributed by atoms with Crippen molar-refractivity contribution < 1.29 is 38.0 Å². The highest BCUT2D eigenvalue weighted by Gasteiger charge is 2.34. The van der Waals surface area contributed by atoms with E-state index in [9.17, 15) is 4.79 Å². The number of ether oxygens (including phenoxy) is 7. The molecule has 8 heteroatoms. The summed E-state index contributed by atoms with van der Waals surface area (Å²) < 4.78 is 38.2. The van der Waals surface area contributed by atoms with E-state index in [1.165, 1.54) is 14.2 Å². The maximum atomic E-state index is 13.2. The lowest BCUT2D eigenvalue weighted by Gasteiger charge is -2.29. The Labute approximate surface area is 187 Å². The summed E-state index contributed by atoms with van der Waals surface area (Å²) in [4.78, 5) is 13.2. The van der Waals surface area contributed by atoms with Gasteiger partial charge in [0, 0.05) is 33.0 Å². The summed E-state index contributed by atoms with van der Waals surface area (Å²) in [5, 5.41) is 0. The molecule has 8 nitrogen and oxygen atoms in total. The third-order valence-electron chi connectivity index (χ3n) is 4.83. The van der Waals surface area contributed by atoms with Crippen LogP contribution in [0.25, 0.3) is 0 Å². The molecule has 0 spiro atoms. The fourth-order valence-corrected chi connectivity index (χ4v) is 3.42. The molecule has 0 amide bonds. The van der Waals surface area contributed by atoms with Gasteiger partial charge in [0.1, 0.15) is 34.7 Å². The largest absolute Gasteiger partial charge is 0.484 e. The summed E-state index contributed by atoms with van der Waals surface area (Å²) >= 11 is 0. The Morgan fingerprint density at radius 2 is 1.59 bits per heavy atom. The van der Waals surface area contributed by atoms with Gasteiger partial charge in [0.2, 0.25) is 0 Å². The van der Waals surface area contributed by atoms with Crippen molar-refractivity contribution in [1.82, 2.24) is 0 Å². The predicted molar refractivity (Wildman–Crippen MR) is 117 cm³/mol.